The summed E-state index contributed by atoms with van der Waals surface area (Å²) >= 11 is 0. The SMILES string of the molecule is CC(C)CNc1cc(C(=O)Nc2cnccc2-c2ccccc2)ccn1. The lowest BCUT2D eigenvalue weighted by molar-refractivity contribution is 0.102. The quantitative estimate of drug-likeness (QED) is 0.691. The van der Waals surface area contributed by atoms with Crippen molar-refractivity contribution in [2.75, 3.05) is 17.2 Å². The summed E-state index contributed by atoms with van der Waals surface area (Å²) in [6, 6.07) is 15.3. The molecule has 0 bridgehead atoms. The van der Waals surface area contributed by atoms with Crippen LogP contribution < -0.4 is 10.6 Å². The molecule has 26 heavy (non-hydrogen) atoms. The van der Waals surface area contributed by atoms with E-state index in [1.54, 1.807) is 30.7 Å². The maximum absolute atomic E-state index is 12.7. The monoisotopic (exact) mass is 346 g/mol. The third-order valence-electron chi connectivity index (χ3n) is 3.87. The predicted molar refractivity (Wildman–Crippen MR) is 105 cm³/mol. The molecule has 0 radical (unpaired) electrons. The lowest BCUT2D eigenvalue weighted by Crippen LogP contribution is -2.14. The van der Waals surface area contributed by atoms with Crippen LogP contribution in [0, 0.1) is 5.92 Å². The molecule has 0 unspecified atom stereocenters. The Labute approximate surface area is 153 Å². The van der Waals surface area contributed by atoms with Gasteiger partial charge in [-0.3, -0.25) is 9.78 Å². The zero-order valence-corrected chi connectivity index (χ0v) is 14.9. The average Bonchev–Trinajstić information content (AvgIpc) is 2.68. The second-order valence-electron chi connectivity index (χ2n) is 6.45. The fourth-order valence-corrected chi connectivity index (χ4v) is 2.54. The zero-order chi connectivity index (χ0) is 18.4. The molecule has 0 saturated heterocycles. The number of rotatable bonds is 6. The lowest BCUT2D eigenvalue weighted by atomic mass is 10.1. The average molecular weight is 346 g/mol. The minimum Gasteiger partial charge on any atom is -0.370 e. The van der Waals surface area contributed by atoms with Crippen molar-refractivity contribution in [1.82, 2.24) is 9.97 Å². The number of benzene rings is 1. The summed E-state index contributed by atoms with van der Waals surface area (Å²) in [5.74, 6) is 1.00. The fraction of sp³-hybridized carbons (Fsp3) is 0.190. The third kappa shape index (κ3) is 4.45. The van der Waals surface area contributed by atoms with E-state index in [0.29, 0.717) is 23.0 Å². The van der Waals surface area contributed by atoms with Crippen molar-refractivity contribution in [3.63, 3.8) is 0 Å². The molecule has 2 N–H and O–H groups in total. The largest absolute Gasteiger partial charge is 0.370 e. The minimum absolute atomic E-state index is 0.190. The number of amides is 1. The molecule has 2 heterocycles. The number of carbonyl (C=O) groups excluding carboxylic acids is 1. The van der Waals surface area contributed by atoms with Crippen LogP contribution in [0.25, 0.3) is 11.1 Å². The Bertz CT molecular complexity index is 878. The van der Waals surface area contributed by atoms with Crippen molar-refractivity contribution in [2.24, 2.45) is 5.92 Å². The first-order chi connectivity index (χ1) is 12.6. The molecule has 132 valence electrons. The van der Waals surface area contributed by atoms with Crippen LogP contribution in [0.4, 0.5) is 11.5 Å². The molecule has 2 aromatic heterocycles. The van der Waals surface area contributed by atoms with Gasteiger partial charge in [0, 0.05) is 30.1 Å². The van der Waals surface area contributed by atoms with Crippen molar-refractivity contribution in [2.45, 2.75) is 13.8 Å². The number of aromatic nitrogens is 2. The van der Waals surface area contributed by atoms with Gasteiger partial charge in [-0.1, -0.05) is 44.2 Å². The summed E-state index contributed by atoms with van der Waals surface area (Å²) in [6.07, 6.45) is 5.02. The van der Waals surface area contributed by atoms with Crippen molar-refractivity contribution < 1.29 is 4.79 Å². The summed E-state index contributed by atoms with van der Waals surface area (Å²) in [5, 5.41) is 6.20. The van der Waals surface area contributed by atoms with E-state index < -0.39 is 0 Å². The van der Waals surface area contributed by atoms with Gasteiger partial charge in [0.15, 0.2) is 0 Å². The molecular formula is C21H22N4O. The van der Waals surface area contributed by atoms with Gasteiger partial charge in [0.1, 0.15) is 5.82 Å². The lowest BCUT2D eigenvalue weighted by Gasteiger charge is -2.12. The smallest absolute Gasteiger partial charge is 0.255 e. The second-order valence-corrected chi connectivity index (χ2v) is 6.45. The van der Waals surface area contributed by atoms with Crippen LogP contribution in [0.2, 0.25) is 0 Å². The molecule has 0 aliphatic carbocycles. The Hall–Kier alpha value is -3.21. The van der Waals surface area contributed by atoms with Gasteiger partial charge >= 0.3 is 0 Å². The molecule has 5 heteroatoms. The van der Waals surface area contributed by atoms with E-state index in [1.165, 1.54) is 0 Å². The van der Waals surface area contributed by atoms with Crippen LogP contribution in [0.15, 0.2) is 67.1 Å². The third-order valence-corrected chi connectivity index (χ3v) is 3.87. The molecular weight excluding hydrogens is 324 g/mol. The van der Waals surface area contributed by atoms with Gasteiger partial charge in [-0.05, 0) is 29.7 Å². The molecule has 0 atom stereocenters. The van der Waals surface area contributed by atoms with E-state index in [4.69, 9.17) is 0 Å². The standard InChI is InChI=1S/C21H22N4O/c1-15(2)13-24-20-12-17(8-11-23-20)21(26)25-19-14-22-10-9-18(19)16-6-4-3-5-7-16/h3-12,14-15H,13H2,1-2H3,(H,23,24)(H,25,26). The Morgan fingerprint density at radius 2 is 1.88 bits per heavy atom. The Kier molecular flexibility index (Phi) is 5.59. The normalized spacial score (nSPS) is 10.6. The fourth-order valence-electron chi connectivity index (χ4n) is 2.54. The highest BCUT2D eigenvalue weighted by molar-refractivity contribution is 6.06. The summed E-state index contributed by atoms with van der Waals surface area (Å²) < 4.78 is 0. The number of carbonyl (C=O) groups is 1. The minimum atomic E-state index is -0.190. The maximum atomic E-state index is 12.7. The first-order valence-electron chi connectivity index (χ1n) is 8.64. The van der Waals surface area contributed by atoms with Crippen molar-refractivity contribution in [3.05, 3.63) is 72.7 Å². The van der Waals surface area contributed by atoms with Gasteiger partial charge in [0.25, 0.3) is 5.91 Å². The van der Waals surface area contributed by atoms with Crippen molar-refractivity contribution >= 4 is 17.4 Å². The molecule has 3 aromatic rings. The predicted octanol–water partition coefficient (Wildman–Crippen LogP) is 4.46. The van der Waals surface area contributed by atoms with Crippen molar-refractivity contribution in [1.29, 1.82) is 0 Å². The maximum Gasteiger partial charge on any atom is 0.255 e. The van der Waals surface area contributed by atoms with Gasteiger partial charge in [0.2, 0.25) is 0 Å². The molecule has 0 fully saturated rings. The highest BCUT2D eigenvalue weighted by Gasteiger charge is 2.11. The Morgan fingerprint density at radius 3 is 2.65 bits per heavy atom. The number of pyridine rings is 2. The molecule has 1 amide bonds. The molecule has 0 aliphatic rings. The number of hydrogen-bond acceptors (Lipinski definition) is 4. The van der Waals surface area contributed by atoms with Crippen LogP contribution >= 0.6 is 0 Å². The van der Waals surface area contributed by atoms with Crippen LogP contribution in [-0.4, -0.2) is 22.4 Å². The van der Waals surface area contributed by atoms with E-state index in [-0.39, 0.29) is 5.91 Å². The molecule has 1 aromatic carbocycles. The van der Waals surface area contributed by atoms with Crippen LogP contribution in [0.1, 0.15) is 24.2 Å². The van der Waals surface area contributed by atoms with Gasteiger partial charge in [-0.2, -0.15) is 0 Å². The molecule has 0 aliphatic heterocycles. The summed E-state index contributed by atoms with van der Waals surface area (Å²) in [7, 11) is 0. The molecule has 0 spiro atoms. The van der Waals surface area contributed by atoms with Gasteiger partial charge in [0.05, 0.1) is 11.9 Å². The Balaban J connectivity index is 1.80. The van der Waals surface area contributed by atoms with Crippen molar-refractivity contribution in [3.8, 4) is 11.1 Å². The van der Waals surface area contributed by atoms with Gasteiger partial charge < -0.3 is 10.6 Å². The molecule has 5 nitrogen and oxygen atoms in total. The highest BCUT2D eigenvalue weighted by Crippen LogP contribution is 2.27. The first-order valence-corrected chi connectivity index (χ1v) is 8.64. The van der Waals surface area contributed by atoms with Crippen LogP contribution in [-0.2, 0) is 0 Å². The zero-order valence-electron chi connectivity index (χ0n) is 14.9. The van der Waals surface area contributed by atoms with E-state index >= 15 is 0 Å². The Morgan fingerprint density at radius 1 is 1.08 bits per heavy atom. The van der Waals surface area contributed by atoms with E-state index in [2.05, 4.69) is 34.4 Å². The molecule has 0 saturated carbocycles. The van der Waals surface area contributed by atoms with Gasteiger partial charge in [-0.25, -0.2) is 4.98 Å². The van der Waals surface area contributed by atoms with E-state index in [0.717, 1.165) is 17.7 Å². The number of anilines is 2. The van der Waals surface area contributed by atoms with Gasteiger partial charge in [-0.15, -0.1) is 0 Å². The second kappa shape index (κ2) is 8.25. The molecule has 3 rings (SSSR count). The topological polar surface area (TPSA) is 66.9 Å². The summed E-state index contributed by atoms with van der Waals surface area (Å²) in [5.41, 5.74) is 3.19. The van der Waals surface area contributed by atoms with E-state index in [1.807, 2.05) is 36.4 Å². The summed E-state index contributed by atoms with van der Waals surface area (Å²) in [6.45, 7) is 5.05. The number of nitrogens with one attached hydrogen (secondary N) is 2. The summed E-state index contributed by atoms with van der Waals surface area (Å²) in [4.78, 5) is 21.1. The number of hydrogen-bond donors (Lipinski definition) is 2. The van der Waals surface area contributed by atoms with E-state index in [9.17, 15) is 4.79 Å². The number of nitrogens with zero attached hydrogens (tertiary/aromatic N) is 2. The van der Waals surface area contributed by atoms with Crippen LogP contribution in [0.5, 0.6) is 0 Å². The first kappa shape index (κ1) is 17.6. The van der Waals surface area contributed by atoms with Crippen LogP contribution in [0.3, 0.4) is 0 Å². The highest BCUT2D eigenvalue weighted by atomic mass is 16.1.